The minimum Gasteiger partial charge on any atom is -0.334 e. The Hall–Kier alpha value is -1.67. The van der Waals surface area contributed by atoms with Crippen LogP contribution in [-0.2, 0) is 5.75 Å². The second-order valence-electron chi connectivity index (χ2n) is 4.59. The molecule has 3 aromatic rings. The van der Waals surface area contributed by atoms with Crippen molar-refractivity contribution in [2.24, 2.45) is 0 Å². The molecule has 0 aliphatic heterocycles. The van der Waals surface area contributed by atoms with Gasteiger partial charge in [-0.15, -0.1) is 5.10 Å². The maximum absolute atomic E-state index is 5.23. The van der Waals surface area contributed by atoms with Gasteiger partial charge in [-0.1, -0.05) is 16.9 Å². The first-order chi connectivity index (χ1) is 9.88. The third kappa shape index (κ3) is 2.48. The van der Waals surface area contributed by atoms with Crippen molar-refractivity contribution in [2.75, 3.05) is 0 Å². The molecule has 3 heterocycles. The highest BCUT2D eigenvalue weighted by atomic mass is 32.2. The molecule has 0 spiro atoms. The molecule has 1 fully saturated rings. The maximum atomic E-state index is 5.23. The van der Waals surface area contributed by atoms with Crippen LogP contribution >= 0.6 is 23.1 Å². The van der Waals surface area contributed by atoms with Crippen LogP contribution in [0.1, 0.15) is 30.4 Å². The lowest BCUT2D eigenvalue weighted by Gasteiger charge is -1.89. The van der Waals surface area contributed by atoms with E-state index in [4.69, 9.17) is 4.52 Å². The van der Waals surface area contributed by atoms with Gasteiger partial charge in [0, 0.05) is 11.3 Å². The van der Waals surface area contributed by atoms with Gasteiger partial charge in [0.1, 0.15) is 5.82 Å². The van der Waals surface area contributed by atoms with Crippen LogP contribution in [0.25, 0.3) is 11.5 Å². The lowest BCUT2D eigenvalue weighted by atomic mass is 10.3. The van der Waals surface area contributed by atoms with Crippen LogP contribution in [0.15, 0.2) is 26.5 Å². The summed E-state index contributed by atoms with van der Waals surface area (Å²) in [6.45, 7) is 0. The van der Waals surface area contributed by atoms with Crippen LogP contribution in [0.4, 0.5) is 0 Å². The zero-order valence-corrected chi connectivity index (χ0v) is 12.1. The zero-order chi connectivity index (χ0) is 13.4. The van der Waals surface area contributed by atoms with E-state index in [1.165, 1.54) is 24.6 Å². The number of thiophene rings is 1. The van der Waals surface area contributed by atoms with Gasteiger partial charge < -0.3 is 4.52 Å². The van der Waals surface area contributed by atoms with Gasteiger partial charge in [0.15, 0.2) is 5.82 Å². The molecular formula is C12H11N5OS2. The normalized spacial score (nSPS) is 14.8. The van der Waals surface area contributed by atoms with E-state index in [9.17, 15) is 0 Å². The van der Waals surface area contributed by atoms with Crippen molar-refractivity contribution in [3.05, 3.63) is 28.5 Å². The molecule has 1 N–H and O–H groups in total. The summed E-state index contributed by atoms with van der Waals surface area (Å²) in [4.78, 5) is 8.82. The number of aromatic nitrogens is 5. The van der Waals surface area contributed by atoms with Gasteiger partial charge in [-0.25, -0.2) is 4.98 Å². The second-order valence-corrected chi connectivity index (χ2v) is 6.32. The highest BCUT2D eigenvalue weighted by Gasteiger charge is 2.27. The first-order valence-electron chi connectivity index (χ1n) is 6.29. The Labute approximate surface area is 123 Å². The van der Waals surface area contributed by atoms with Crippen LogP contribution in [-0.4, -0.2) is 25.3 Å². The zero-order valence-electron chi connectivity index (χ0n) is 10.4. The summed E-state index contributed by atoms with van der Waals surface area (Å²) in [5.41, 5.74) is 0.965. The predicted molar refractivity (Wildman–Crippen MR) is 75.5 cm³/mol. The molecule has 102 valence electrons. The summed E-state index contributed by atoms with van der Waals surface area (Å²) in [5.74, 6) is 3.42. The van der Waals surface area contributed by atoms with Crippen LogP contribution in [0, 0.1) is 0 Å². The Morgan fingerprint density at radius 1 is 1.40 bits per heavy atom. The molecule has 0 atom stereocenters. The molecule has 0 unspecified atom stereocenters. The van der Waals surface area contributed by atoms with Gasteiger partial charge in [0.2, 0.25) is 5.16 Å². The van der Waals surface area contributed by atoms with E-state index in [2.05, 4.69) is 25.3 Å². The molecule has 1 aliphatic carbocycles. The van der Waals surface area contributed by atoms with Gasteiger partial charge in [0.05, 0.1) is 11.3 Å². The Bertz CT molecular complexity index is 701. The predicted octanol–water partition coefficient (Wildman–Crippen LogP) is 3.09. The number of aromatic amines is 1. The Balaban J connectivity index is 1.41. The fourth-order valence-corrected chi connectivity index (χ4v) is 3.09. The van der Waals surface area contributed by atoms with Crippen molar-refractivity contribution in [1.29, 1.82) is 0 Å². The topological polar surface area (TPSA) is 80.5 Å². The molecule has 8 heteroatoms. The van der Waals surface area contributed by atoms with Crippen molar-refractivity contribution in [1.82, 2.24) is 25.3 Å². The van der Waals surface area contributed by atoms with Crippen molar-refractivity contribution in [3.8, 4) is 11.5 Å². The van der Waals surface area contributed by atoms with Crippen molar-refractivity contribution in [2.45, 2.75) is 29.7 Å². The van der Waals surface area contributed by atoms with Crippen LogP contribution in [0.3, 0.4) is 0 Å². The number of hydrogen-bond acceptors (Lipinski definition) is 7. The fourth-order valence-electron chi connectivity index (χ4n) is 1.81. The monoisotopic (exact) mass is 305 g/mol. The van der Waals surface area contributed by atoms with Gasteiger partial charge in [0.25, 0.3) is 5.89 Å². The number of nitrogens with zero attached hydrogens (tertiary/aromatic N) is 4. The molecule has 1 aliphatic rings. The quantitative estimate of drug-likeness (QED) is 0.730. The third-order valence-corrected chi connectivity index (χ3v) is 4.54. The largest absolute Gasteiger partial charge is 0.334 e. The summed E-state index contributed by atoms with van der Waals surface area (Å²) in [6, 6.07) is 1.96. The highest BCUT2D eigenvalue weighted by Crippen LogP contribution is 2.38. The fraction of sp³-hybridized carbons (Fsp3) is 0.333. The third-order valence-electron chi connectivity index (χ3n) is 3.01. The van der Waals surface area contributed by atoms with Gasteiger partial charge in [-0.2, -0.15) is 16.3 Å². The molecular weight excluding hydrogens is 294 g/mol. The summed E-state index contributed by atoms with van der Waals surface area (Å²) in [6.07, 6.45) is 2.43. The number of rotatable bonds is 5. The lowest BCUT2D eigenvalue weighted by molar-refractivity contribution is 0.425. The molecule has 4 rings (SSSR count). The van der Waals surface area contributed by atoms with Crippen LogP contribution in [0.5, 0.6) is 0 Å². The maximum Gasteiger partial charge on any atom is 0.258 e. The Morgan fingerprint density at radius 3 is 3.15 bits per heavy atom. The summed E-state index contributed by atoms with van der Waals surface area (Å²) in [5, 5.41) is 15.9. The molecule has 0 saturated heterocycles. The molecule has 6 nitrogen and oxygen atoms in total. The van der Waals surface area contributed by atoms with E-state index in [1.54, 1.807) is 11.3 Å². The summed E-state index contributed by atoms with van der Waals surface area (Å²) < 4.78 is 5.23. The molecule has 0 aromatic carbocycles. The summed E-state index contributed by atoms with van der Waals surface area (Å²) in [7, 11) is 0. The van der Waals surface area contributed by atoms with Gasteiger partial charge in [-0.3, -0.25) is 5.10 Å². The van der Waals surface area contributed by atoms with E-state index in [1.807, 2.05) is 16.8 Å². The SMILES string of the molecule is c1cc(-c2nc(CSc3n[nH]c(C4CC4)n3)no2)cs1. The summed E-state index contributed by atoms with van der Waals surface area (Å²) >= 11 is 3.12. The van der Waals surface area contributed by atoms with E-state index in [0.717, 1.165) is 16.5 Å². The number of hydrogen-bond donors (Lipinski definition) is 1. The average Bonchev–Trinajstić information content (AvgIpc) is 2.93. The molecule has 20 heavy (non-hydrogen) atoms. The van der Waals surface area contributed by atoms with Crippen molar-refractivity contribution >= 4 is 23.1 Å². The first kappa shape index (κ1) is 12.1. The molecule has 0 bridgehead atoms. The first-order valence-corrected chi connectivity index (χ1v) is 8.21. The second kappa shape index (κ2) is 5.02. The van der Waals surface area contributed by atoms with Gasteiger partial charge in [-0.05, 0) is 24.3 Å². The van der Waals surface area contributed by atoms with E-state index >= 15 is 0 Å². The Kier molecular flexibility index (Phi) is 3.04. The van der Waals surface area contributed by atoms with Gasteiger partial charge >= 0.3 is 0 Å². The lowest BCUT2D eigenvalue weighted by Crippen LogP contribution is -1.85. The number of nitrogens with one attached hydrogen (secondary N) is 1. The minimum absolute atomic E-state index is 0.565. The molecule has 1 saturated carbocycles. The molecule has 0 radical (unpaired) electrons. The van der Waals surface area contributed by atoms with Crippen LogP contribution in [0.2, 0.25) is 0 Å². The van der Waals surface area contributed by atoms with E-state index < -0.39 is 0 Å². The van der Waals surface area contributed by atoms with E-state index in [0.29, 0.717) is 23.4 Å². The van der Waals surface area contributed by atoms with Crippen molar-refractivity contribution in [3.63, 3.8) is 0 Å². The number of H-pyrrole nitrogens is 1. The molecule has 0 amide bonds. The standard InChI is InChI=1S/C12H11N5OS2/c1-2-7(1)10-14-12(16-15-10)20-6-9-13-11(18-17-9)8-3-4-19-5-8/h3-5,7H,1-2,6H2,(H,14,15,16). The smallest absolute Gasteiger partial charge is 0.258 e. The minimum atomic E-state index is 0.565. The van der Waals surface area contributed by atoms with Crippen molar-refractivity contribution < 1.29 is 4.52 Å². The van der Waals surface area contributed by atoms with Crippen LogP contribution < -0.4 is 0 Å². The Morgan fingerprint density at radius 2 is 2.35 bits per heavy atom. The highest BCUT2D eigenvalue weighted by molar-refractivity contribution is 7.98. The average molecular weight is 305 g/mol. The van der Waals surface area contributed by atoms with E-state index in [-0.39, 0.29) is 0 Å². The number of thioether (sulfide) groups is 1. The molecule has 3 aromatic heterocycles.